The summed E-state index contributed by atoms with van der Waals surface area (Å²) in [4.78, 5) is 12.9. The van der Waals surface area contributed by atoms with Gasteiger partial charge >= 0.3 is 5.97 Å². The number of nitrogens with one attached hydrogen (secondary N) is 1. The topological polar surface area (TPSA) is 49.3 Å². The van der Waals surface area contributed by atoms with Crippen LogP contribution in [-0.4, -0.2) is 27.9 Å². The van der Waals surface area contributed by atoms with Crippen LogP contribution in [0.5, 0.6) is 0 Å². The Hall–Kier alpha value is -1.00. The third-order valence-corrected chi connectivity index (χ3v) is 5.49. The van der Waals surface area contributed by atoms with Gasteiger partial charge in [0.1, 0.15) is 5.54 Å². The number of aryl methyl sites for hydroxylation is 1. The van der Waals surface area contributed by atoms with Gasteiger partial charge in [0.25, 0.3) is 0 Å². The lowest BCUT2D eigenvalue weighted by atomic mass is 9.98. The van der Waals surface area contributed by atoms with Gasteiger partial charge in [0.05, 0.1) is 0 Å². The van der Waals surface area contributed by atoms with Gasteiger partial charge in [-0.15, -0.1) is 11.8 Å². The second-order valence-electron chi connectivity index (χ2n) is 6.11. The highest BCUT2D eigenvalue weighted by Gasteiger charge is 2.48. The molecular formula is C16H21NO2S. The SMILES string of the molecule is Cc1cccc(SC2CCC(NC3CC3)(C(=O)O)C2)c1. The molecule has 2 aliphatic rings. The van der Waals surface area contributed by atoms with Crippen molar-refractivity contribution in [1.29, 1.82) is 0 Å². The minimum Gasteiger partial charge on any atom is -0.480 e. The predicted molar refractivity (Wildman–Crippen MR) is 81.2 cm³/mol. The Balaban J connectivity index is 1.66. The molecule has 0 amide bonds. The van der Waals surface area contributed by atoms with Crippen LogP contribution >= 0.6 is 11.8 Å². The summed E-state index contributed by atoms with van der Waals surface area (Å²) >= 11 is 1.83. The lowest BCUT2D eigenvalue weighted by Crippen LogP contribution is -2.51. The van der Waals surface area contributed by atoms with Crippen LogP contribution in [0.4, 0.5) is 0 Å². The van der Waals surface area contributed by atoms with E-state index in [2.05, 4.69) is 36.5 Å². The van der Waals surface area contributed by atoms with E-state index in [1.165, 1.54) is 10.5 Å². The third kappa shape index (κ3) is 3.01. The summed E-state index contributed by atoms with van der Waals surface area (Å²) in [7, 11) is 0. The molecule has 2 saturated carbocycles. The molecule has 0 radical (unpaired) electrons. The molecule has 2 aliphatic carbocycles. The molecule has 3 rings (SSSR count). The van der Waals surface area contributed by atoms with Crippen molar-refractivity contribution in [3.8, 4) is 0 Å². The molecule has 4 heteroatoms. The van der Waals surface area contributed by atoms with Gasteiger partial charge in [-0.25, -0.2) is 0 Å². The van der Waals surface area contributed by atoms with Crippen LogP contribution in [0.3, 0.4) is 0 Å². The molecule has 2 unspecified atom stereocenters. The summed E-state index contributed by atoms with van der Waals surface area (Å²) in [5, 5.41) is 13.4. The summed E-state index contributed by atoms with van der Waals surface area (Å²) < 4.78 is 0. The highest BCUT2D eigenvalue weighted by Crippen LogP contribution is 2.42. The molecule has 0 aliphatic heterocycles. The highest BCUT2D eigenvalue weighted by atomic mass is 32.2. The average molecular weight is 291 g/mol. The molecule has 2 fully saturated rings. The van der Waals surface area contributed by atoms with Crippen molar-refractivity contribution >= 4 is 17.7 Å². The first kappa shape index (κ1) is 14.0. The zero-order valence-corrected chi connectivity index (χ0v) is 12.6. The fourth-order valence-corrected chi connectivity index (χ4v) is 4.39. The third-order valence-electron chi connectivity index (χ3n) is 4.23. The van der Waals surface area contributed by atoms with E-state index in [9.17, 15) is 9.90 Å². The number of hydrogen-bond donors (Lipinski definition) is 2. The molecule has 2 N–H and O–H groups in total. The Labute approximate surface area is 124 Å². The summed E-state index contributed by atoms with van der Waals surface area (Å²) in [5.74, 6) is -0.670. The molecule has 20 heavy (non-hydrogen) atoms. The second-order valence-corrected chi connectivity index (χ2v) is 7.48. The van der Waals surface area contributed by atoms with Crippen molar-refractivity contribution in [2.45, 2.75) is 60.8 Å². The zero-order chi connectivity index (χ0) is 14.2. The van der Waals surface area contributed by atoms with Crippen molar-refractivity contribution in [3.63, 3.8) is 0 Å². The number of benzene rings is 1. The molecule has 0 spiro atoms. The fraction of sp³-hybridized carbons (Fsp3) is 0.562. The minimum absolute atomic E-state index is 0.402. The molecule has 1 aromatic rings. The van der Waals surface area contributed by atoms with Crippen LogP contribution in [0, 0.1) is 6.92 Å². The smallest absolute Gasteiger partial charge is 0.323 e. The van der Waals surface area contributed by atoms with Crippen LogP contribution in [0.1, 0.15) is 37.7 Å². The van der Waals surface area contributed by atoms with Crippen molar-refractivity contribution in [2.75, 3.05) is 0 Å². The maximum atomic E-state index is 11.7. The van der Waals surface area contributed by atoms with Gasteiger partial charge in [0.2, 0.25) is 0 Å². The molecule has 3 nitrogen and oxygen atoms in total. The predicted octanol–water partition coefficient (Wildman–Crippen LogP) is 3.22. The first-order valence-electron chi connectivity index (χ1n) is 7.32. The van der Waals surface area contributed by atoms with Crippen LogP contribution in [0.15, 0.2) is 29.2 Å². The van der Waals surface area contributed by atoms with Crippen molar-refractivity contribution in [1.82, 2.24) is 5.32 Å². The van der Waals surface area contributed by atoms with E-state index in [1.54, 1.807) is 0 Å². The number of aliphatic carboxylic acids is 1. The van der Waals surface area contributed by atoms with E-state index in [0.29, 0.717) is 11.3 Å². The van der Waals surface area contributed by atoms with Gasteiger partial charge < -0.3 is 5.11 Å². The maximum Gasteiger partial charge on any atom is 0.323 e. The molecule has 0 bridgehead atoms. The molecule has 1 aromatic carbocycles. The number of thioether (sulfide) groups is 1. The molecule has 108 valence electrons. The van der Waals surface area contributed by atoms with Crippen LogP contribution in [0.2, 0.25) is 0 Å². The van der Waals surface area contributed by atoms with E-state index < -0.39 is 11.5 Å². The number of hydrogen-bond acceptors (Lipinski definition) is 3. The van der Waals surface area contributed by atoms with Crippen molar-refractivity contribution < 1.29 is 9.90 Å². The quantitative estimate of drug-likeness (QED) is 0.874. The number of carboxylic acid groups (broad SMARTS) is 1. The standard InChI is InChI=1S/C16H21NO2S/c1-11-3-2-4-13(9-11)20-14-7-8-16(10-14,15(18)19)17-12-5-6-12/h2-4,9,12,14,17H,5-8,10H2,1H3,(H,18,19). The second kappa shape index (κ2) is 5.41. The van der Waals surface area contributed by atoms with E-state index in [1.807, 2.05) is 11.8 Å². The van der Waals surface area contributed by atoms with Gasteiger partial charge in [0, 0.05) is 16.2 Å². The first-order valence-corrected chi connectivity index (χ1v) is 8.20. The Kier molecular flexibility index (Phi) is 3.78. The Bertz CT molecular complexity index is 515. The monoisotopic (exact) mass is 291 g/mol. The zero-order valence-electron chi connectivity index (χ0n) is 11.8. The lowest BCUT2D eigenvalue weighted by Gasteiger charge is -2.26. The van der Waals surface area contributed by atoms with E-state index in [0.717, 1.165) is 32.1 Å². The normalized spacial score (nSPS) is 29.6. The first-order chi connectivity index (χ1) is 9.57. The molecule has 0 aromatic heterocycles. The molecule has 0 heterocycles. The van der Waals surface area contributed by atoms with Gasteiger partial charge in [-0.1, -0.05) is 17.7 Å². The van der Waals surface area contributed by atoms with E-state index >= 15 is 0 Å². The lowest BCUT2D eigenvalue weighted by molar-refractivity contribution is -0.144. The summed E-state index contributed by atoms with van der Waals surface area (Å²) in [6.45, 7) is 2.09. The van der Waals surface area contributed by atoms with Gasteiger partial charge in [-0.05, 0) is 51.2 Å². The van der Waals surface area contributed by atoms with E-state index in [4.69, 9.17) is 0 Å². The van der Waals surface area contributed by atoms with Gasteiger partial charge in [-0.2, -0.15) is 0 Å². The Morgan fingerprint density at radius 2 is 2.20 bits per heavy atom. The van der Waals surface area contributed by atoms with Crippen molar-refractivity contribution in [3.05, 3.63) is 29.8 Å². The maximum absolute atomic E-state index is 11.7. The van der Waals surface area contributed by atoms with Crippen LogP contribution < -0.4 is 5.32 Å². The van der Waals surface area contributed by atoms with Crippen LogP contribution in [-0.2, 0) is 4.79 Å². The number of rotatable bonds is 5. The molecule has 2 atom stereocenters. The largest absolute Gasteiger partial charge is 0.480 e. The van der Waals surface area contributed by atoms with Gasteiger partial charge in [0.15, 0.2) is 0 Å². The summed E-state index contributed by atoms with van der Waals surface area (Å²) in [6, 6.07) is 8.90. The summed E-state index contributed by atoms with van der Waals surface area (Å²) in [5.41, 5.74) is 0.580. The van der Waals surface area contributed by atoms with Crippen molar-refractivity contribution in [2.24, 2.45) is 0 Å². The number of carbonyl (C=O) groups is 1. The average Bonchev–Trinajstić information content (AvgIpc) is 3.10. The molecule has 0 saturated heterocycles. The Morgan fingerprint density at radius 1 is 1.40 bits per heavy atom. The van der Waals surface area contributed by atoms with E-state index in [-0.39, 0.29) is 0 Å². The summed E-state index contributed by atoms with van der Waals surface area (Å²) in [6.07, 6.45) is 4.72. The Morgan fingerprint density at radius 3 is 2.85 bits per heavy atom. The molecular weight excluding hydrogens is 270 g/mol. The number of carboxylic acids is 1. The van der Waals surface area contributed by atoms with Crippen LogP contribution in [0.25, 0.3) is 0 Å². The minimum atomic E-state index is -0.678. The fourth-order valence-electron chi connectivity index (χ4n) is 2.99. The highest BCUT2D eigenvalue weighted by molar-refractivity contribution is 8.00. The van der Waals surface area contributed by atoms with Gasteiger partial charge in [-0.3, -0.25) is 10.1 Å².